The number of hydrogen-bond donors (Lipinski definition) is 4. The minimum atomic E-state index is -1.66. The summed E-state index contributed by atoms with van der Waals surface area (Å²) in [5, 5.41) is 44.3. The van der Waals surface area contributed by atoms with Gasteiger partial charge in [0.1, 0.15) is 24.4 Å². The van der Waals surface area contributed by atoms with Gasteiger partial charge in [0.15, 0.2) is 12.4 Å². The predicted octanol–water partition coefficient (Wildman–Crippen LogP) is 0.116. The van der Waals surface area contributed by atoms with E-state index in [1.165, 1.54) is 0 Å². The lowest BCUT2D eigenvalue weighted by Gasteiger charge is -2.48. The van der Waals surface area contributed by atoms with Crippen LogP contribution in [-0.4, -0.2) is 88.5 Å². The van der Waals surface area contributed by atoms with Crippen LogP contribution in [0.4, 0.5) is 4.79 Å². The Morgan fingerprint density at radius 1 is 1.00 bits per heavy atom. The average molecular weight is 440 g/mol. The molecule has 2 aliphatic heterocycles. The van der Waals surface area contributed by atoms with Crippen LogP contribution in [0, 0.1) is 0 Å². The number of nitrogens with zero attached hydrogens (tertiary/aromatic N) is 9. The van der Waals surface area contributed by atoms with E-state index in [0.29, 0.717) is 0 Å². The Hall–Kier alpha value is -3.00. The molecule has 17 heteroatoms. The maximum atomic E-state index is 11.6. The fourth-order valence-corrected chi connectivity index (χ4v) is 3.98. The lowest BCUT2D eigenvalue weighted by molar-refractivity contribution is -0.296. The molecule has 4 N–H and O–H groups in total. The summed E-state index contributed by atoms with van der Waals surface area (Å²) in [4.78, 5) is 19.6. The molecule has 2 saturated heterocycles. The van der Waals surface area contributed by atoms with E-state index >= 15 is 0 Å². The maximum absolute atomic E-state index is 11.6. The first-order valence-electron chi connectivity index (χ1n) is 9.27. The molecule has 11 atom stereocenters. The zero-order valence-electron chi connectivity index (χ0n) is 16.1. The van der Waals surface area contributed by atoms with Crippen molar-refractivity contribution in [2.45, 2.75) is 80.4 Å². The van der Waals surface area contributed by atoms with Crippen LogP contribution in [0.25, 0.3) is 31.3 Å². The molecule has 0 aromatic heterocycles. The van der Waals surface area contributed by atoms with Crippen molar-refractivity contribution in [2.75, 3.05) is 0 Å². The Labute approximate surface area is 173 Å². The Bertz CT molecular complexity index is 841. The summed E-state index contributed by atoms with van der Waals surface area (Å²) < 4.78 is 16.6. The largest absolute Gasteiger partial charge is 0.441 e. The molecule has 31 heavy (non-hydrogen) atoms. The van der Waals surface area contributed by atoms with Gasteiger partial charge >= 0.3 is 6.09 Å². The quantitative estimate of drug-likeness (QED) is 0.260. The number of amides is 1. The third-order valence-electron chi connectivity index (χ3n) is 5.48. The normalized spacial score (nSPS) is 44.3. The van der Waals surface area contributed by atoms with Crippen LogP contribution in [0.2, 0.25) is 0 Å². The number of rotatable bonds is 5. The van der Waals surface area contributed by atoms with Gasteiger partial charge in [-0.05, 0) is 29.9 Å². The van der Waals surface area contributed by atoms with Crippen LogP contribution in [0.1, 0.15) is 13.3 Å². The van der Waals surface area contributed by atoms with Crippen LogP contribution in [0.15, 0.2) is 15.3 Å². The molecule has 3 aliphatic rings. The van der Waals surface area contributed by atoms with E-state index in [1.807, 2.05) is 0 Å². The highest BCUT2D eigenvalue weighted by Crippen LogP contribution is 2.34. The fraction of sp³-hybridized carbons (Fsp3) is 0.929. The number of hydrogen-bond acceptors (Lipinski definition) is 10. The standard InChI is InChI=1S/C14H20N10O7/c1-3-10-12(31-14(28)18-3)8(26)6(21-24-17)13(29-10)30-11-5(20-23-16)2-4(19-22-15)7(25)9(11)27/h3-13,25-27H,2H2,1H3,(H,18,28)/t3?,4-,5?,6?,7?,8-,9-,10?,11-,12+,13-/m1/s1. The van der Waals surface area contributed by atoms with E-state index in [4.69, 9.17) is 30.8 Å². The second-order valence-electron chi connectivity index (χ2n) is 7.32. The molecular formula is C14H20N10O7. The lowest BCUT2D eigenvalue weighted by Crippen LogP contribution is -2.68. The Morgan fingerprint density at radius 2 is 1.65 bits per heavy atom. The number of fused-ring (bicyclic) bond motifs is 1. The van der Waals surface area contributed by atoms with Crippen molar-refractivity contribution in [3.05, 3.63) is 31.3 Å². The fourth-order valence-electron chi connectivity index (χ4n) is 3.98. The second kappa shape index (κ2) is 9.43. The molecule has 17 nitrogen and oxygen atoms in total. The van der Waals surface area contributed by atoms with Crippen LogP contribution in [0.5, 0.6) is 0 Å². The highest BCUT2D eigenvalue weighted by Gasteiger charge is 2.54. The molecule has 5 unspecified atom stereocenters. The summed E-state index contributed by atoms with van der Waals surface area (Å²) in [5.74, 6) is 0. The van der Waals surface area contributed by atoms with Gasteiger partial charge in [0, 0.05) is 14.7 Å². The summed E-state index contributed by atoms with van der Waals surface area (Å²) in [6, 6.07) is -4.16. The summed E-state index contributed by atoms with van der Waals surface area (Å²) in [5.41, 5.74) is 26.4. The van der Waals surface area contributed by atoms with Crippen molar-refractivity contribution in [1.82, 2.24) is 5.32 Å². The predicted molar refractivity (Wildman–Crippen MR) is 97.8 cm³/mol. The zero-order chi connectivity index (χ0) is 22.7. The van der Waals surface area contributed by atoms with Gasteiger partial charge in [-0.1, -0.05) is 15.3 Å². The van der Waals surface area contributed by atoms with E-state index in [2.05, 4.69) is 35.4 Å². The van der Waals surface area contributed by atoms with Crippen molar-refractivity contribution in [2.24, 2.45) is 15.3 Å². The van der Waals surface area contributed by atoms with Gasteiger partial charge in [0.2, 0.25) is 0 Å². The summed E-state index contributed by atoms with van der Waals surface area (Å²) in [6.07, 6.45) is -10.5. The number of aliphatic hydroxyl groups is 3. The molecule has 0 aromatic carbocycles. The number of ether oxygens (including phenoxy) is 3. The molecule has 0 aromatic rings. The van der Waals surface area contributed by atoms with Gasteiger partial charge in [0.05, 0.1) is 30.3 Å². The third-order valence-corrected chi connectivity index (χ3v) is 5.48. The second-order valence-corrected chi connectivity index (χ2v) is 7.32. The Kier molecular flexibility index (Phi) is 6.90. The van der Waals surface area contributed by atoms with Crippen LogP contribution < -0.4 is 5.32 Å². The smallest absolute Gasteiger partial charge is 0.407 e. The molecule has 0 radical (unpaired) electrons. The number of aliphatic hydroxyl groups excluding tert-OH is 3. The minimum Gasteiger partial charge on any atom is -0.441 e. The van der Waals surface area contributed by atoms with E-state index in [1.54, 1.807) is 6.92 Å². The van der Waals surface area contributed by atoms with Crippen molar-refractivity contribution < 1.29 is 34.3 Å². The summed E-state index contributed by atoms with van der Waals surface area (Å²) >= 11 is 0. The third kappa shape index (κ3) is 4.39. The number of nitrogens with one attached hydrogen (secondary N) is 1. The molecule has 1 aliphatic carbocycles. The molecule has 3 rings (SSSR count). The summed E-state index contributed by atoms with van der Waals surface area (Å²) in [7, 11) is 0. The van der Waals surface area contributed by atoms with E-state index in [9.17, 15) is 20.1 Å². The van der Waals surface area contributed by atoms with Crippen molar-refractivity contribution >= 4 is 6.09 Å². The Balaban J connectivity index is 1.88. The zero-order valence-corrected chi connectivity index (χ0v) is 16.1. The molecule has 1 amide bonds. The molecule has 0 bridgehead atoms. The number of carbonyl (C=O) groups is 1. The van der Waals surface area contributed by atoms with Crippen LogP contribution in [-0.2, 0) is 14.2 Å². The highest BCUT2D eigenvalue weighted by atomic mass is 16.7. The number of alkyl carbamates (subject to hydrolysis) is 1. The summed E-state index contributed by atoms with van der Waals surface area (Å²) in [6.45, 7) is 1.60. The topological polar surface area (TPSA) is 264 Å². The molecule has 3 fully saturated rings. The first-order chi connectivity index (χ1) is 14.8. The van der Waals surface area contributed by atoms with Crippen molar-refractivity contribution in [3.63, 3.8) is 0 Å². The van der Waals surface area contributed by atoms with E-state index in [-0.39, 0.29) is 6.42 Å². The monoisotopic (exact) mass is 440 g/mol. The Morgan fingerprint density at radius 3 is 2.29 bits per heavy atom. The van der Waals surface area contributed by atoms with Gasteiger partial charge in [-0.25, -0.2) is 4.79 Å². The lowest BCUT2D eigenvalue weighted by atomic mass is 9.84. The van der Waals surface area contributed by atoms with Gasteiger partial charge in [-0.15, -0.1) is 0 Å². The van der Waals surface area contributed by atoms with Gasteiger partial charge in [-0.3, -0.25) is 0 Å². The van der Waals surface area contributed by atoms with E-state index < -0.39 is 73.2 Å². The number of azide groups is 3. The van der Waals surface area contributed by atoms with Crippen LogP contribution in [0.3, 0.4) is 0 Å². The maximum Gasteiger partial charge on any atom is 0.407 e. The van der Waals surface area contributed by atoms with Crippen molar-refractivity contribution in [1.29, 1.82) is 0 Å². The minimum absolute atomic E-state index is 0.139. The van der Waals surface area contributed by atoms with Gasteiger partial charge in [0.25, 0.3) is 0 Å². The van der Waals surface area contributed by atoms with Gasteiger partial charge < -0.3 is 34.8 Å². The first kappa shape index (κ1) is 22.7. The molecule has 1 saturated carbocycles. The highest BCUT2D eigenvalue weighted by molar-refractivity contribution is 5.69. The molecular weight excluding hydrogens is 420 g/mol. The molecule has 0 spiro atoms. The average Bonchev–Trinajstić information content (AvgIpc) is 2.72. The van der Waals surface area contributed by atoms with Crippen molar-refractivity contribution in [3.8, 4) is 0 Å². The van der Waals surface area contributed by atoms with Gasteiger partial charge in [-0.2, -0.15) is 0 Å². The molecule has 2 heterocycles. The first-order valence-corrected chi connectivity index (χ1v) is 9.27. The van der Waals surface area contributed by atoms with E-state index in [0.717, 1.165) is 0 Å². The SMILES string of the molecule is CC1NC(=O)O[C@@H]2C1O[C@H](O[C@@H]1C(N=[N+]=[N-])C[C@@H](N=[N+]=[N-])C(O)[C@H]1O)C(N=[N+]=[N-])[C@H]2O. The van der Waals surface area contributed by atoms with Crippen LogP contribution >= 0.6 is 0 Å². The number of carbonyl (C=O) groups excluding carboxylic acids is 1. The molecule has 168 valence electrons.